The monoisotopic (exact) mass is 1040 g/mol. The fourth-order valence-electron chi connectivity index (χ4n) is 11.3. The fraction of sp³-hybridized carbons (Fsp3) is 0.0263. The van der Waals surface area contributed by atoms with Crippen LogP contribution in [0.15, 0.2) is 304 Å². The standard InChI is InChI=1S/C56H36N2O2.C13H10O.C7H8/c1-3-11-41-33-45(27-21-37(41)9-1)57(47-29-31-55-51(35-47)49-13-5-7-15-53(49)59-55)43-23-17-39(18-24-43)40-19-25-44(26-20-40)58(46-28-22-38-10-2-4-12-42(38)34-46)48-30-32-56-52(36-48)50-14-6-8-16-54(50)60-56;1-9-5-4-7-11-10-6-2-3-8-12(10)14-13(9)11;1-7-5-3-2-4-6-7/h1-36H;2-8H,1H3;2-6H,1H3. The number of fused-ring (bicyclic) bond motifs is 11. The Morgan fingerprint density at radius 3 is 1.06 bits per heavy atom. The third-order valence-corrected chi connectivity index (χ3v) is 15.3. The zero-order chi connectivity index (χ0) is 54.2. The highest BCUT2D eigenvalue weighted by molar-refractivity contribution is 6.09. The maximum atomic E-state index is 6.21. The number of rotatable bonds is 7. The van der Waals surface area contributed by atoms with Crippen molar-refractivity contribution in [1.29, 1.82) is 0 Å². The molecule has 13 aromatic carbocycles. The van der Waals surface area contributed by atoms with E-state index in [0.29, 0.717) is 0 Å². The minimum atomic E-state index is 0.881. The number of para-hydroxylation sites is 4. The molecule has 3 heterocycles. The van der Waals surface area contributed by atoms with Crippen molar-refractivity contribution in [1.82, 2.24) is 0 Å². The fourth-order valence-corrected chi connectivity index (χ4v) is 11.3. The number of furan rings is 3. The Morgan fingerprint density at radius 1 is 0.235 bits per heavy atom. The molecule has 0 amide bonds. The summed E-state index contributed by atoms with van der Waals surface area (Å²) >= 11 is 0. The van der Waals surface area contributed by atoms with Crippen LogP contribution in [0.3, 0.4) is 0 Å². The molecule has 81 heavy (non-hydrogen) atoms. The molecule has 5 nitrogen and oxygen atoms in total. The molecule has 16 rings (SSSR count). The normalized spacial score (nSPS) is 11.3. The predicted octanol–water partition coefficient (Wildman–Crippen LogP) is 22.3. The summed E-state index contributed by atoms with van der Waals surface area (Å²) in [6.07, 6.45) is 0. The van der Waals surface area contributed by atoms with Gasteiger partial charge >= 0.3 is 0 Å². The highest BCUT2D eigenvalue weighted by Crippen LogP contribution is 2.43. The molecule has 0 aliphatic heterocycles. The number of benzene rings is 13. The van der Waals surface area contributed by atoms with E-state index in [9.17, 15) is 0 Å². The van der Waals surface area contributed by atoms with Crippen molar-refractivity contribution in [3.05, 3.63) is 302 Å². The number of aryl methyl sites for hydroxylation is 2. The summed E-state index contributed by atoms with van der Waals surface area (Å²) in [7, 11) is 0. The highest BCUT2D eigenvalue weighted by atomic mass is 16.3. The Balaban J connectivity index is 0.000000233. The lowest BCUT2D eigenvalue weighted by atomic mass is 10.0. The van der Waals surface area contributed by atoms with Gasteiger partial charge in [-0.25, -0.2) is 0 Å². The van der Waals surface area contributed by atoms with Crippen LogP contribution < -0.4 is 9.80 Å². The van der Waals surface area contributed by atoms with E-state index < -0.39 is 0 Å². The van der Waals surface area contributed by atoms with Gasteiger partial charge in [0.1, 0.15) is 33.5 Å². The maximum absolute atomic E-state index is 6.21. The van der Waals surface area contributed by atoms with Gasteiger partial charge in [-0.3, -0.25) is 0 Å². The smallest absolute Gasteiger partial charge is 0.138 e. The van der Waals surface area contributed by atoms with E-state index in [-0.39, 0.29) is 0 Å². The third-order valence-electron chi connectivity index (χ3n) is 15.3. The Kier molecular flexibility index (Phi) is 12.6. The summed E-state index contributed by atoms with van der Waals surface area (Å²) in [5.41, 5.74) is 16.8. The van der Waals surface area contributed by atoms with Crippen LogP contribution in [0.25, 0.3) is 98.5 Å². The van der Waals surface area contributed by atoms with Crippen LogP contribution in [0.2, 0.25) is 0 Å². The molecule has 0 aliphatic rings. The summed E-state index contributed by atoms with van der Waals surface area (Å²) in [6, 6.07) is 102. The second-order valence-corrected chi connectivity index (χ2v) is 20.6. The SMILES string of the molecule is Cc1cccc2c1oc1ccccc12.Cc1ccccc1.c1ccc2cc(N(c3ccc(-c4ccc(N(c5ccc6ccccc6c5)c5ccc6oc7ccccc7c6c5)cc4)cc3)c3ccc4oc5ccccc5c4c3)ccc2c1. The van der Waals surface area contributed by atoms with Crippen LogP contribution in [-0.4, -0.2) is 0 Å². The summed E-state index contributed by atoms with van der Waals surface area (Å²) in [5, 5.41) is 11.7. The minimum Gasteiger partial charge on any atom is -0.456 e. The zero-order valence-corrected chi connectivity index (χ0v) is 44.8. The predicted molar refractivity (Wildman–Crippen MR) is 340 cm³/mol. The van der Waals surface area contributed by atoms with Crippen molar-refractivity contribution in [3.8, 4) is 11.1 Å². The molecule has 0 unspecified atom stereocenters. The molecular weight excluding hydrogens is 989 g/mol. The lowest BCUT2D eigenvalue weighted by molar-refractivity contribution is 0.666. The van der Waals surface area contributed by atoms with E-state index in [2.05, 4.69) is 254 Å². The molecule has 0 fully saturated rings. The maximum Gasteiger partial charge on any atom is 0.138 e. The van der Waals surface area contributed by atoms with Gasteiger partial charge < -0.3 is 23.1 Å². The molecule has 16 aromatic rings. The second kappa shape index (κ2) is 21.0. The molecule has 386 valence electrons. The minimum absolute atomic E-state index is 0.881. The van der Waals surface area contributed by atoms with E-state index in [1.165, 1.54) is 43.4 Å². The van der Waals surface area contributed by atoms with Gasteiger partial charge in [-0.1, -0.05) is 194 Å². The topological polar surface area (TPSA) is 45.9 Å². The van der Waals surface area contributed by atoms with Crippen molar-refractivity contribution >= 4 is 121 Å². The second-order valence-electron chi connectivity index (χ2n) is 20.6. The van der Waals surface area contributed by atoms with Crippen molar-refractivity contribution in [2.45, 2.75) is 13.8 Å². The van der Waals surface area contributed by atoms with Crippen molar-refractivity contribution in [3.63, 3.8) is 0 Å². The summed E-state index contributed by atoms with van der Waals surface area (Å²) < 4.78 is 18.2. The first-order chi connectivity index (χ1) is 40.0. The van der Waals surface area contributed by atoms with Gasteiger partial charge in [0.25, 0.3) is 0 Å². The zero-order valence-electron chi connectivity index (χ0n) is 44.8. The largest absolute Gasteiger partial charge is 0.456 e. The molecule has 0 saturated carbocycles. The lowest BCUT2D eigenvalue weighted by Crippen LogP contribution is -2.10. The number of anilines is 6. The number of nitrogens with zero attached hydrogens (tertiary/aromatic N) is 2. The van der Waals surface area contributed by atoms with E-state index in [4.69, 9.17) is 13.3 Å². The lowest BCUT2D eigenvalue weighted by Gasteiger charge is -2.27. The van der Waals surface area contributed by atoms with Crippen LogP contribution in [0.4, 0.5) is 34.1 Å². The van der Waals surface area contributed by atoms with E-state index >= 15 is 0 Å². The number of hydrogen-bond acceptors (Lipinski definition) is 5. The number of hydrogen-bond donors (Lipinski definition) is 0. The van der Waals surface area contributed by atoms with Gasteiger partial charge in [-0.15, -0.1) is 0 Å². The van der Waals surface area contributed by atoms with Crippen LogP contribution in [0, 0.1) is 13.8 Å². The van der Waals surface area contributed by atoms with Crippen LogP contribution >= 0.6 is 0 Å². The van der Waals surface area contributed by atoms with Crippen molar-refractivity contribution in [2.75, 3.05) is 9.80 Å². The third kappa shape index (κ3) is 9.47. The Bertz CT molecular complexity index is 4680. The Hall–Kier alpha value is -10.6. The summed E-state index contributed by atoms with van der Waals surface area (Å²) in [4.78, 5) is 4.67. The van der Waals surface area contributed by atoms with E-state index in [0.717, 1.165) is 100 Å². The van der Waals surface area contributed by atoms with Gasteiger partial charge in [0.15, 0.2) is 0 Å². The van der Waals surface area contributed by atoms with Crippen molar-refractivity contribution < 1.29 is 13.3 Å². The first-order valence-electron chi connectivity index (χ1n) is 27.5. The van der Waals surface area contributed by atoms with E-state index in [1.807, 2.05) is 60.7 Å². The van der Waals surface area contributed by atoms with Gasteiger partial charge in [0, 0.05) is 66.4 Å². The van der Waals surface area contributed by atoms with Crippen molar-refractivity contribution in [2.24, 2.45) is 0 Å². The molecule has 3 aromatic heterocycles. The van der Waals surface area contributed by atoms with Gasteiger partial charge in [-0.05, 0) is 155 Å². The molecule has 0 N–H and O–H groups in total. The molecule has 0 atom stereocenters. The van der Waals surface area contributed by atoms with Crippen LogP contribution in [-0.2, 0) is 0 Å². The summed E-state index contributed by atoms with van der Waals surface area (Å²) in [6.45, 7) is 4.16. The molecular formula is C76H54N2O3. The van der Waals surface area contributed by atoms with Gasteiger partial charge in [-0.2, -0.15) is 0 Å². The van der Waals surface area contributed by atoms with Crippen LogP contribution in [0.5, 0.6) is 0 Å². The van der Waals surface area contributed by atoms with Gasteiger partial charge in [0.2, 0.25) is 0 Å². The molecule has 0 spiro atoms. The first kappa shape index (κ1) is 48.7. The van der Waals surface area contributed by atoms with Gasteiger partial charge in [0.05, 0.1) is 0 Å². The average molecular weight is 1040 g/mol. The van der Waals surface area contributed by atoms with E-state index in [1.54, 1.807) is 0 Å². The Morgan fingerprint density at radius 2 is 0.593 bits per heavy atom. The molecule has 0 radical (unpaired) electrons. The van der Waals surface area contributed by atoms with Crippen LogP contribution in [0.1, 0.15) is 11.1 Å². The Labute approximate surface area is 469 Å². The quantitative estimate of drug-likeness (QED) is 0.159. The average Bonchev–Trinajstić information content (AvgIpc) is 4.33. The molecule has 0 bridgehead atoms. The molecule has 0 saturated heterocycles. The summed E-state index contributed by atoms with van der Waals surface area (Å²) in [5.74, 6) is 0. The molecule has 0 aliphatic carbocycles. The highest BCUT2D eigenvalue weighted by Gasteiger charge is 2.19. The molecule has 5 heteroatoms. The first-order valence-corrected chi connectivity index (χ1v) is 27.5.